The number of ether oxygens (including phenoxy) is 1. The number of thiazole rings is 1. The predicted octanol–water partition coefficient (Wildman–Crippen LogP) is 5.73. The summed E-state index contributed by atoms with van der Waals surface area (Å²) in [4.78, 5) is 21.8. The van der Waals surface area contributed by atoms with Gasteiger partial charge in [-0.3, -0.25) is 4.98 Å². The Labute approximate surface area is 206 Å². The number of benzene rings is 2. The van der Waals surface area contributed by atoms with Gasteiger partial charge >= 0.3 is 5.97 Å². The van der Waals surface area contributed by atoms with Crippen molar-refractivity contribution in [2.45, 2.75) is 6.54 Å². The lowest BCUT2D eigenvalue weighted by Crippen LogP contribution is -2.14. The van der Waals surface area contributed by atoms with E-state index in [1.807, 2.05) is 78.2 Å². The first-order chi connectivity index (χ1) is 17.2. The number of hydrogen-bond donors (Lipinski definition) is 1. The molecule has 0 amide bonds. The first-order valence-electron chi connectivity index (χ1n) is 10.9. The highest BCUT2D eigenvalue weighted by molar-refractivity contribution is 7.13. The van der Waals surface area contributed by atoms with Crippen molar-refractivity contribution < 1.29 is 9.53 Å². The Balaban J connectivity index is 1.55. The number of carbonyl (C=O) groups is 1. The van der Waals surface area contributed by atoms with Crippen molar-refractivity contribution in [1.82, 2.24) is 20.2 Å². The molecule has 0 atom stereocenters. The number of rotatable bonds is 7. The molecule has 1 N–H and O–H groups in total. The number of esters is 1. The lowest BCUT2D eigenvalue weighted by Gasteiger charge is -2.16. The average Bonchev–Trinajstić information content (AvgIpc) is 3.41. The fourth-order valence-corrected chi connectivity index (χ4v) is 4.56. The Kier molecular flexibility index (Phi) is 6.54. The molecule has 35 heavy (non-hydrogen) atoms. The van der Waals surface area contributed by atoms with Gasteiger partial charge in [0.1, 0.15) is 16.3 Å². The third kappa shape index (κ3) is 4.78. The van der Waals surface area contributed by atoms with Crippen molar-refractivity contribution >= 4 is 23.1 Å². The monoisotopic (exact) mass is 479 g/mol. The van der Waals surface area contributed by atoms with Gasteiger partial charge in [-0.05, 0) is 17.7 Å². The first-order valence-corrected chi connectivity index (χ1v) is 11.8. The number of anilines is 1. The van der Waals surface area contributed by atoms with E-state index in [1.165, 1.54) is 7.11 Å². The maximum Gasteiger partial charge on any atom is 0.342 e. The molecule has 172 valence electrons. The zero-order chi connectivity index (χ0) is 24.0. The summed E-state index contributed by atoms with van der Waals surface area (Å²) in [5.74, 6) is -0.150. The zero-order valence-electron chi connectivity index (χ0n) is 18.9. The summed E-state index contributed by atoms with van der Waals surface area (Å²) in [5, 5.41) is 15.0. The number of hydrogen-bond acceptors (Lipinski definition) is 8. The maximum absolute atomic E-state index is 13.1. The van der Waals surface area contributed by atoms with E-state index in [-0.39, 0.29) is 0 Å². The van der Waals surface area contributed by atoms with Crippen molar-refractivity contribution in [1.29, 1.82) is 0 Å². The molecule has 0 saturated carbocycles. The summed E-state index contributed by atoms with van der Waals surface area (Å²) in [6.07, 6.45) is 3.48. The highest BCUT2D eigenvalue weighted by Crippen LogP contribution is 2.36. The summed E-state index contributed by atoms with van der Waals surface area (Å²) < 4.78 is 5.18. The second-order valence-corrected chi connectivity index (χ2v) is 8.46. The molecule has 0 unspecified atom stereocenters. The molecule has 0 saturated heterocycles. The molecule has 5 aromatic rings. The van der Waals surface area contributed by atoms with Gasteiger partial charge in [-0.1, -0.05) is 60.7 Å². The highest BCUT2D eigenvalue weighted by atomic mass is 32.1. The smallest absolute Gasteiger partial charge is 0.342 e. The number of carbonyl (C=O) groups excluding carboxylic acids is 1. The molecule has 0 radical (unpaired) electrons. The second kappa shape index (κ2) is 10.2. The Morgan fingerprint density at radius 3 is 2.26 bits per heavy atom. The van der Waals surface area contributed by atoms with Crippen LogP contribution in [0.3, 0.4) is 0 Å². The lowest BCUT2D eigenvalue weighted by molar-refractivity contribution is 0.0602. The minimum absolute atomic E-state index is 0.331. The zero-order valence-corrected chi connectivity index (χ0v) is 19.7. The molecule has 0 spiro atoms. The van der Waals surface area contributed by atoms with Crippen LogP contribution in [0.15, 0.2) is 90.6 Å². The lowest BCUT2D eigenvalue weighted by atomic mass is 9.95. The van der Waals surface area contributed by atoms with Gasteiger partial charge in [0.15, 0.2) is 5.82 Å². The Morgan fingerprint density at radius 2 is 1.57 bits per heavy atom. The van der Waals surface area contributed by atoms with Crippen molar-refractivity contribution in [3.63, 3.8) is 0 Å². The molecule has 0 aliphatic carbocycles. The molecule has 0 aliphatic heterocycles. The third-order valence-electron chi connectivity index (χ3n) is 5.39. The Hall–Kier alpha value is -4.43. The normalized spacial score (nSPS) is 10.7. The van der Waals surface area contributed by atoms with Crippen molar-refractivity contribution in [3.05, 3.63) is 102 Å². The second-order valence-electron chi connectivity index (χ2n) is 7.60. The van der Waals surface area contributed by atoms with Gasteiger partial charge in [0.25, 0.3) is 0 Å². The van der Waals surface area contributed by atoms with Crippen LogP contribution >= 0.6 is 11.3 Å². The minimum atomic E-state index is -0.491. The summed E-state index contributed by atoms with van der Waals surface area (Å²) in [6.45, 7) is 0.374. The van der Waals surface area contributed by atoms with Crippen molar-refractivity contribution in [2.24, 2.45) is 0 Å². The average molecular weight is 480 g/mol. The summed E-state index contributed by atoms with van der Waals surface area (Å²) in [6, 6.07) is 23.2. The highest BCUT2D eigenvalue weighted by Gasteiger charge is 2.25. The van der Waals surface area contributed by atoms with Crippen molar-refractivity contribution in [3.8, 4) is 33.0 Å². The van der Waals surface area contributed by atoms with Gasteiger partial charge in [-0.25, -0.2) is 9.78 Å². The van der Waals surface area contributed by atoms with E-state index >= 15 is 0 Å². The van der Waals surface area contributed by atoms with Crippen LogP contribution in [0.2, 0.25) is 0 Å². The van der Waals surface area contributed by atoms with Crippen LogP contribution in [0.25, 0.3) is 33.0 Å². The topological polar surface area (TPSA) is 89.9 Å². The standard InChI is InChI=1S/C27H21N5O2S/c1-34-27(33)23-22(18-8-4-2-5-9-18)24(19-10-6-3-7-11-19)31-32-25(23)29-16-21-17-35-26(30-21)20-12-14-28-15-13-20/h2-15,17H,16H2,1H3,(H,29,32). The Morgan fingerprint density at radius 1 is 0.886 bits per heavy atom. The van der Waals surface area contributed by atoms with Crippen LogP contribution < -0.4 is 5.32 Å². The van der Waals surface area contributed by atoms with E-state index in [0.717, 1.165) is 27.4 Å². The van der Waals surface area contributed by atoms with Gasteiger partial charge in [0.05, 0.1) is 19.3 Å². The minimum Gasteiger partial charge on any atom is -0.465 e. The molecule has 5 rings (SSSR count). The molecule has 0 fully saturated rings. The molecule has 0 bridgehead atoms. The van der Waals surface area contributed by atoms with Crippen LogP contribution in [0.5, 0.6) is 0 Å². The molecule has 7 nitrogen and oxygen atoms in total. The van der Waals surface area contributed by atoms with Gasteiger partial charge < -0.3 is 10.1 Å². The molecule has 0 aliphatic rings. The Bertz CT molecular complexity index is 1440. The molecule has 3 aromatic heterocycles. The molecule has 2 aromatic carbocycles. The van der Waals surface area contributed by atoms with E-state index in [9.17, 15) is 4.79 Å². The van der Waals surface area contributed by atoms with Crippen LogP contribution in [0, 0.1) is 0 Å². The number of aromatic nitrogens is 4. The van der Waals surface area contributed by atoms with Gasteiger partial charge in [-0.2, -0.15) is 0 Å². The van der Waals surface area contributed by atoms with E-state index in [0.29, 0.717) is 29.2 Å². The summed E-state index contributed by atoms with van der Waals surface area (Å²) in [5.41, 5.74) is 5.14. The number of methoxy groups -OCH3 is 1. The fourth-order valence-electron chi connectivity index (χ4n) is 3.73. The summed E-state index contributed by atoms with van der Waals surface area (Å²) in [7, 11) is 1.37. The maximum atomic E-state index is 13.1. The van der Waals surface area contributed by atoms with E-state index in [1.54, 1.807) is 23.7 Å². The van der Waals surface area contributed by atoms with E-state index in [4.69, 9.17) is 9.72 Å². The van der Waals surface area contributed by atoms with E-state index < -0.39 is 5.97 Å². The largest absolute Gasteiger partial charge is 0.465 e. The number of nitrogens with one attached hydrogen (secondary N) is 1. The van der Waals surface area contributed by atoms with Crippen LogP contribution in [-0.4, -0.2) is 33.2 Å². The van der Waals surface area contributed by atoms with Crippen LogP contribution in [-0.2, 0) is 11.3 Å². The summed E-state index contributed by atoms with van der Waals surface area (Å²) >= 11 is 1.55. The molecule has 3 heterocycles. The number of nitrogens with zero attached hydrogens (tertiary/aromatic N) is 4. The quantitative estimate of drug-likeness (QED) is 0.298. The van der Waals surface area contributed by atoms with Gasteiger partial charge in [0.2, 0.25) is 0 Å². The predicted molar refractivity (Wildman–Crippen MR) is 137 cm³/mol. The third-order valence-corrected chi connectivity index (χ3v) is 6.33. The molecule has 8 heteroatoms. The van der Waals surface area contributed by atoms with Crippen LogP contribution in [0.4, 0.5) is 5.82 Å². The molecular formula is C27H21N5O2S. The number of pyridine rings is 1. The van der Waals surface area contributed by atoms with Gasteiger partial charge in [0, 0.05) is 34.5 Å². The first kappa shape index (κ1) is 22.4. The molecular weight excluding hydrogens is 458 g/mol. The van der Waals surface area contributed by atoms with E-state index in [2.05, 4.69) is 20.5 Å². The van der Waals surface area contributed by atoms with Gasteiger partial charge in [-0.15, -0.1) is 21.5 Å². The fraction of sp³-hybridized carbons (Fsp3) is 0.0741. The van der Waals surface area contributed by atoms with Crippen LogP contribution in [0.1, 0.15) is 16.1 Å². The SMILES string of the molecule is COC(=O)c1c(NCc2csc(-c3ccncc3)n2)nnc(-c2ccccc2)c1-c1ccccc1. The van der Waals surface area contributed by atoms with Crippen molar-refractivity contribution in [2.75, 3.05) is 12.4 Å².